The largest absolute Gasteiger partial charge is 0.463 e. The number of hydrogen-bond acceptors (Lipinski definition) is 11. The average Bonchev–Trinajstić information content (AvgIpc) is 3.73. The monoisotopic (exact) mass is 613 g/mol. The van der Waals surface area contributed by atoms with Crippen molar-refractivity contribution in [2.45, 2.75) is 30.1 Å². The summed E-state index contributed by atoms with van der Waals surface area (Å²) in [7, 11) is 3.91. The number of benzene rings is 2. The summed E-state index contributed by atoms with van der Waals surface area (Å²) < 4.78 is 15.0. The normalized spacial score (nSPS) is 14.9. The van der Waals surface area contributed by atoms with E-state index in [1.807, 2.05) is 73.6 Å². The molecule has 5 aromatic rings. The van der Waals surface area contributed by atoms with Crippen molar-refractivity contribution in [3.8, 4) is 5.69 Å². The third-order valence-electron chi connectivity index (χ3n) is 6.75. The zero-order valence-electron chi connectivity index (χ0n) is 23.8. The van der Waals surface area contributed by atoms with E-state index in [0.29, 0.717) is 36.6 Å². The number of esters is 1. The van der Waals surface area contributed by atoms with Crippen LogP contribution in [0.1, 0.15) is 31.2 Å². The number of para-hydroxylation sites is 1. The van der Waals surface area contributed by atoms with Crippen molar-refractivity contribution in [2.24, 2.45) is 4.99 Å². The third kappa shape index (κ3) is 5.56. The van der Waals surface area contributed by atoms with Crippen molar-refractivity contribution in [1.29, 1.82) is 0 Å². The number of furan rings is 1. The van der Waals surface area contributed by atoms with Crippen LogP contribution in [0.4, 0.5) is 5.69 Å². The molecule has 0 fully saturated rings. The van der Waals surface area contributed by atoms with Crippen LogP contribution in [0.15, 0.2) is 102 Å². The highest BCUT2D eigenvalue weighted by Gasteiger charge is 2.33. The zero-order chi connectivity index (χ0) is 30.1. The number of rotatable bonds is 8. The minimum absolute atomic E-state index is 0.211. The molecule has 2 aromatic carbocycles. The predicted octanol–water partition coefficient (Wildman–Crippen LogP) is 3.58. The highest BCUT2D eigenvalue weighted by molar-refractivity contribution is 7.99. The quantitative estimate of drug-likeness (QED) is 0.242. The van der Waals surface area contributed by atoms with Crippen LogP contribution < -0.4 is 19.8 Å². The predicted molar refractivity (Wildman–Crippen MR) is 163 cm³/mol. The zero-order valence-corrected chi connectivity index (χ0v) is 25.4. The van der Waals surface area contributed by atoms with Crippen LogP contribution >= 0.6 is 23.1 Å². The fraction of sp³-hybridized carbons (Fsp3) is 0.200. The van der Waals surface area contributed by atoms with Crippen LogP contribution in [0.5, 0.6) is 0 Å². The lowest BCUT2D eigenvalue weighted by Gasteiger charge is -2.25. The maximum atomic E-state index is 13.9. The molecule has 11 nitrogen and oxygen atoms in total. The molecule has 0 saturated carbocycles. The molecule has 218 valence electrons. The number of ether oxygens (including phenoxy) is 1. The summed E-state index contributed by atoms with van der Waals surface area (Å²) in [5, 5.41) is 13.1. The Morgan fingerprint density at radius 3 is 2.60 bits per heavy atom. The molecule has 1 aliphatic heterocycles. The molecule has 13 heteroatoms. The second-order valence-electron chi connectivity index (χ2n) is 9.76. The summed E-state index contributed by atoms with van der Waals surface area (Å²) in [6, 6.07) is 20.2. The van der Waals surface area contributed by atoms with E-state index in [9.17, 15) is 9.59 Å². The van der Waals surface area contributed by atoms with E-state index in [1.54, 1.807) is 41.3 Å². The number of tetrazole rings is 1. The van der Waals surface area contributed by atoms with Crippen molar-refractivity contribution >= 4 is 40.8 Å². The highest BCUT2D eigenvalue weighted by atomic mass is 32.2. The molecular formula is C30H27N7O4S2. The summed E-state index contributed by atoms with van der Waals surface area (Å²) in [4.78, 5) is 34.1. The van der Waals surface area contributed by atoms with Crippen molar-refractivity contribution in [1.82, 2.24) is 24.8 Å². The molecule has 6 rings (SSSR count). The van der Waals surface area contributed by atoms with Crippen LogP contribution in [-0.4, -0.2) is 51.4 Å². The van der Waals surface area contributed by atoms with Crippen LogP contribution in [0.2, 0.25) is 0 Å². The standard InChI is InChI=1S/C30H27N7O4S2/c1-5-40-28(39)25-18(2)31-29-36(26(25)19-11-13-20(14-12-19)35(3)4)27(38)23(42-29)17-22-15-16-24(41-22)43-30-32-33-34-37(30)21-9-7-6-8-10-21/h6-17,26H,5H2,1-4H3/b23-17-/t26-/m0/s1. The molecular weight excluding hydrogens is 587 g/mol. The number of carbonyl (C=O) groups excluding carboxylic acids is 1. The van der Waals surface area contributed by atoms with Gasteiger partial charge in [0.2, 0.25) is 5.16 Å². The minimum atomic E-state index is -0.687. The van der Waals surface area contributed by atoms with Gasteiger partial charge in [0, 0.05) is 25.9 Å². The lowest BCUT2D eigenvalue weighted by molar-refractivity contribution is -0.139. The van der Waals surface area contributed by atoms with Crippen molar-refractivity contribution in [3.05, 3.63) is 109 Å². The van der Waals surface area contributed by atoms with Crippen LogP contribution in [0.25, 0.3) is 11.8 Å². The molecule has 1 aliphatic rings. The Balaban J connectivity index is 1.37. The second-order valence-corrected chi connectivity index (χ2v) is 11.7. The summed E-state index contributed by atoms with van der Waals surface area (Å²) in [6.45, 7) is 3.73. The Morgan fingerprint density at radius 1 is 1.12 bits per heavy atom. The van der Waals surface area contributed by atoms with Crippen LogP contribution in [0, 0.1) is 0 Å². The Kier molecular flexibility index (Phi) is 7.82. The lowest BCUT2D eigenvalue weighted by atomic mass is 9.95. The van der Waals surface area contributed by atoms with Gasteiger partial charge in [0.1, 0.15) is 5.76 Å². The molecule has 0 radical (unpaired) electrons. The Morgan fingerprint density at radius 2 is 1.88 bits per heavy atom. The molecule has 0 bridgehead atoms. The van der Waals surface area contributed by atoms with E-state index in [2.05, 4.69) is 20.5 Å². The first-order valence-electron chi connectivity index (χ1n) is 13.4. The van der Waals surface area contributed by atoms with Gasteiger partial charge in [0.25, 0.3) is 5.56 Å². The fourth-order valence-electron chi connectivity index (χ4n) is 4.72. The van der Waals surface area contributed by atoms with Gasteiger partial charge in [-0.15, -0.1) is 5.10 Å². The number of thiazole rings is 1. The smallest absolute Gasteiger partial charge is 0.338 e. The highest BCUT2D eigenvalue weighted by Crippen LogP contribution is 2.32. The molecule has 0 N–H and O–H groups in total. The second kappa shape index (κ2) is 11.9. The summed E-state index contributed by atoms with van der Waals surface area (Å²) >= 11 is 2.51. The molecule has 0 aliphatic carbocycles. The maximum absolute atomic E-state index is 13.9. The number of anilines is 1. The van der Waals surface area contributed by atoms with Gasteiger partial charge in [-0.1, -0.05) is 41.7 Å². The van der Waals surface area contributed by atoms with Crippen LogP contribution in [0.3, 0.4) is 0 Å². The van der Waals surface area contributed by atoms with E-state index in [0.717, 1.165) is 16.9 Å². The Labute approximate surface area is 254 Å². The van der Waals surface area contributed by atoms with Gasteiger partial charge in [0.05, 0.1) is 34.1 Å². The van der Waals surface area contributed by atoms with E-state index < -0.39 is 12.0 Å². The molecule has 1 atom stereocenters. The molecule has 4 heterocycles. The summed E-state index contributed by atoms with van der Waals surface area (Å²) in [6.07, 6.45) is 1.68. The van der Waals surface area contributed by atoms with Gasteiger partial charge in [-0.25, -0.2) is 9.79 Å². The number of carbonyl (C=O) groups is 1. The van der Waals surface area contributed by atoms with Gasteiger partial charge < -0.3 is 14.1 Å². The van der Waals surface area contributed by atoms with Gasteiger partial charge in [-0.05, 0) is 78.0 Å². The van der Waals surface area contributed by atoms with Gasteiger partial charge in [-0.2, -0.15) is 4.68 Å². The summed E-state index contributed by atoms with van der Waals surface area (Å²) in [5.41, 5.74) is 3.18. The van der Waals surface area contributed by atoms with Gasteiger partial charge in [0.15, 0.2) is 9.89 Å². The molecule has 43 heavy (non-hydrogen) atoms. The number of aromatic nitrogens is 5. The Bertz CT molecular complexity index is 2000. The van der Waals surface area contributed by atoms with Crippen molar-refractivity contribution in [2.75, 3.05) is 25.6 Å². The van der Waals surface area contributed by atoms with Gasteiger partial charge >= 0.3 is 5.97 Å². The van der Waals surface area contributed by atoms with E-state index in [-0.39, 0.29) is 12.2 Å². The van der Waals surface area contributed by atoms with E-state index >= 15 is 0 Å². The fourth-order valence-corrected chi connectivity index (χ4v) is 6.51. The Hall–Kier alpha value is -4.75. The van der Waals surface area contributed by atoms with E-state index in [1.165, 1.54) is 23.1 Å². The molecule has 0 amide bonds. The van der Waals surface area contributed by atoms with Crippen molar-refractivity contribution in [3.63, 3.8) is 0 Å². The minimum Gasteiger partial charge on any atom is -0.463 e. The molecule has 0 spiro atoms. The lowest BCUT2D eigenvalue weighted by Crippen LogP contribution is -2.39. The average molecular weight is 614 g/mol. The van der Waals surface area contributed by atoms with Crippen LogP contribution in [-0.2, 0) is 9.53 Å². The third-order valence-corrected chi connectivity index (χ3v) is 8.59. The molecule has 0 saturated heterocycles. The topological polar surface area (TPSA) is 121 Å². The van der Waals surface area contributed by atoms with E-state index in [4.69, 9.17) is 9.15 Å². The molecule has 3 aromatic heterocycles. The number of nitrogens with zero attached hydrogens (tertiary/aromatic N) is 7. The van der Waals surface area contributed by atoms with Crippen molar-refractivity contribution < 1.29 is 13.9 Å². The number of allylic oxidation sites excluding steroid dienone is 1. The van der Waals surface area contributed by atoms with Gasteiger partial charge in [-0.3, -0.25) is 9.36 Å². The number of fused-ring (bicyclic) bond motifs is 1. The first-order chi connectivity index (χ1) is 20.8. The first kappa shape index (κ1) is 28.4. The molecule has 0 unspecified atom stereocenters. The summed E-state index contributed by atoms with van der Waals surface area (Å²) in [5.74, 6) is -0.00928. The first-order valence-corrected chi connectivity index (χ1v) is 15.1. The number of hydrogen-bond donors (Lipinski definition) is 0. The maximum Gasteiger partial charge on any atom is 0.338 e. The SMILES string of the molecule is CCOC(=O)C1=C(C)N=c2s/c(=C\c3ccc(Sc4nnnn4-c4ccccc4)o3)c(=O)n2[C@H]1c1ccc(N(C)C)cc1.